The lowest BCUT2D eigenvalue weighted by Gasteiger charge is -2.13. The molecule has 1 N–H and O–H groups in total. The van der Waals surface area contributed by atoms with E-state index in [2.05, 4.69) is 5.32 Å². The van der Waals surface area contributed by atoms with E-state index < -0.39 is 18.0 Å². The van der Waals surface area contributed by atoms with E-state index in [0.29, 0.717) is 29.3 Å². The van der Waals surface area contributed by atoms with Gasteiger partial charge in [-0.05, 0) is 57.2 Å². The highest BCUT2D eigenvalue weighted by molar-refractivity contribution is 5.97. The number of rotatable bonds is 7. The molecule has 0 fully saturated rings. The fraction of sp³-hybridized carbons (Fsp3) is 0.261. The number of benzene rings is 2. The smallest absolute Gasteiger partial charge is 0.338 e. The minimum atomic E-state index is -1.09. The number of hydrogen-bond donors (Lipinski definition) is 1. The van der Waals surface area contributed by atoms with Gasteiger partial charge in [0, 0.05) is 7.05 Å². The second kappa shape index (κ2) is 9.34. The van der Waals surface area contributed by atoms with Crippen LogP contribution >= 0.6 is 0 Å². The van der Waals surface area contributed by atoms with Crippen LogP contribution in [0.25, 0.3) is 5.69 Å². The number of para-hydroxylation sites is 1. The van der Waals surface area contributed by atoms with E-state index in [1.807, 2.05) is 25.1 Å². The number of anilines is 1. The third kappa shape index (κ3) is 4.69. The highest BCUT2D eigenvalue weighted by atomic mass is 16.5. The average Bonchev–Trinajstić information content (AvgIpc) is 2.98. The predicted molar refractivity (Wildman–Crippen MR) is 117 cm³/mol. The lowest BCUT2D eigenvalue weighted by atomic mass is 10.2. The van der Waals surface area contributed by atoms with Gasteiger partial charge in [0.25, 0.3) is 11.5 Å². The van der Waals surface area contributed by atoms with Crippen LogP contribution in [0.1, 0.15) is 29.9 Å². The fourth-order valence-electron chi connectivity index (χ4n) is 3.07. The molecule has 3 rings (SSSR count). The summed E-state index contributed by atoms with van der Waals surface area (Å²) >= 11 is 0. The minimum absolute atomic E-state index is 0.139. The van der Waals surface area contributed by atoms with E-state index in [-0.39, 0.29) is 11.2 Å². The molecule has 0 aliphatic rings. The van der Waals surface area contributed by atoms with Gasteiger partial charge in [-0.15, -0.1) is 0 Å². The summed E-state index contributed by atoms with van der Waals surface area (Å²) in [6, 6.07) is 15.5. The van der Waals surface area contributed by atoms with Gasteiger partial charge in [0.05, 0.1) is 23.6 Å². The van der Waals surface area contributed by atoms with Gasteiger partial charge in [0.1, 0.15) is 11.4 Å². The fourth-order valence-corrected chi connectivity index (χ4v) is 3.07. The minimum Gasteiger partial charge on any atom is -0.494 e. The van der Waals surface area contributed by atoms with Crippen LogP contribution in [0, 0.1) is 6.92 Å². The van der Waals surface area contributed by atoms with E-state index in [1.54, 1.807) is 55.1 Å². The Morgan fingerprint density at radius 1 is 1.06 bits per heavy atom. The molecule has 3 aromatic rings. The molecule has 31 heavy (non-hydrogen) atoms. The maximum absolute atomic E-state index is 12.9. The quantitative estimate of drug-likeness (QED) is 0.590. The first-order chi connectivity index (χ1) is 14.8. The number of carbonyl (C=O) groups excluding carboxylic acids is 2. The van der Waals surface area contributed by atoms with E-state index in [1.165, 1.54) is 11.6 Å². The van der Waals surface area contributed by atoms with E-state index in [9.17, 15) is 14.4 Å². The van der Waals surface area contributed by atoms with Crippen LogP contribution in [-0.2, 0) is 16.6 Å². The highest BCUT2D eigenvalue weighted by Gasteiger charge is 2.23. The topological polar surface area (TPSA) is 91.6 Å². The van der Waals surface area contributed by atoms with Crippen molar-refractivity contribution in [2.75, 3.05) is 11.9 Å². The van der Waals surface area contributed by atoms with Crippen LogP contribution in [0.5, 0.6) is 5.75 Å². The van der Waals surface area contributed by atoms with Crippen molar-refractivity contribution in [3.63, 3.8) is 0 Å². The average molecular weight is 423 g/mol. The number of hydrogen-bond acceptors (Lipinski definition) is 5. The van der Waals surface area contributed by atoms with Crippen molar-refractivity contribution < 1.29 is 19.1 Å². The molecule has 8 nitrogen and oxygen atoms in total. The van der Waals surface area contributed by atoms with Crippen LogP contribution in [0.3, 0.4) is 0 Å². The molecular formula is C23H25N3O5. The number of nitrogens with one attached hydrogen (secondary N) is 1. The Morgan fingerprint density at radius 3 is 2.32 bits per heavy atom. The molecule has 162 valence electrons. The Balaban J connectivity index is 1.73. The SMILES string of the molecule is CCOc1ccc(C(=O)O[C@@H](C)C(=O)Nc2c(C)n(C)n(-c3ccccc3)c2=O)cc1. The summed E-state index contributed by atoms with van der Waals surface area (Å²) in [5, 5.41) is 2.60. The molecular weight excluding hydrogens is 398 g/mol. The van der Waals surface area contributed by atoms with Gasteiger partial charge < -0.3 is 14.8 Å². The third-order valence-corrected chi connectivity index (χ3v) is 4.86. The molecule has 8 heteroatoms. The Labute approximate surface area is 180 Å². The first-order valence-electron chi connectivity index (χ1n) is 9.92. The maximum atomic E-state index is 12.9. The van der Waals surface area contributed by atoms with Crippen molar-refractivity contribution in [3.8, 4) is 11.4 Å². The molecule has 0 saturated heterocycles. The zero-order valence-corrected chi connectivity index (χ0v) is 17.9. The molecule has 0 radical (unpaired) electrons. The van der Waals surface area contributed by atoms with E-state index >= 15 is 0 Å². The van der Waals surface area contributed by atoms with Gasteiger partial charge >= 0.3 is 5.97 Å². The van der Waals surface area contributed by atoms with E-state index in [4.69, 9.17) is 9.47 Å². The second-order valence-corrected chi connectivity index (χ2v) is 6.93. The summed E-state index contributed by atoms with van der Waals surface area (Å²) in [6.07, 6.45) is -1.09. The molecule has 0 unspecified atom stereocenters. The molecule has 0 saturated carbocycles. The monoisotopic (exact) mass is 423 g/mol. The zero-order chi connectivity index (χ0) is 22.5. The summed E-state index contributed by atoms with van der Waals surface area (Å²) in [5.74, 6) is -0.596. The predicted octanol–water partition coefficient (Wildman–Crippen LogP) is 3.07. The molecule has 0 aliphatic heterocycles. The summed E-state index contributed by atoms with van der Waals surface area (Å²) in [7, 11) is 1.73. The molecule has 0 aliphatic carbocycles. The van der Waals surface area contributed by atoms with Gasteiger partial charge in [-0.25, -0.2) is 9.48 Å². The number of esters is 1. The van der Waals surface area contributed by atoms with Gasteiger partial charge in [-0.2, -0.15) is 0 Å². The van der Waals surface area contributed by atoms with Crippen molar-refractivity contribution in [3.05, 3.63) is 76.2 Å². The Kier molecular flexibility index (Phi) is 6.59. The standard InChI is InChI=1S/C23H25N3O5/c1-5-30-19-13-11-17(12-14-19)23(29)31-16(3)21(27)24-20-15(2)25(4)26(22(20)28)18-9-7-6-8-10-18/h6-14,16H,5H2,1-4H3,(H,24,27)/t16-/m0/s1. The number of amides is 1. The number of carbonyl (C=O) groups is 2. The number of ether oxygens (including phenoxy) is 2. The van der Waals surface area contributed by atoms with Crippen LogP contribution in [0.2, 0.25) is 0 Å². The van der Waals surface area contributed by atoms with Crippen molar-refractivity contribution in [2.24, 2.45) is 7.05 Å². The van der Waals surface area contributed by atoms with Crippen LogP contribution in [0.15, 0.2) is 59.4 Å². The molecule has 0 bridgehead atoms. The number of aromatic nitrogens is 2. The normalized spacial score (nSPS) is 11.6. The maximum Gasteiger partial charge on any atom is 0.338 e. The Hall–Kier alpha value is -3.81. The zero-order valence-electron chi connectivity index (χ0n) is 17.9. The highest BCUT2D eigenvalue weighted by Crippen LogP contribution is 2.16. The summed E-state index contributed by atoms with van der Waals surface area (Å²) < 4.78 is 13.7. The molecule has 1 heterocycles. The molecule has 2 aromatic carbocycles. The van der Waals surface area contributed by atoms with Gasteiger partial charge in [0.2, 0.25) is 0 Å². The van der Waals surface area contributed by atoms with Crippen molar-refractivity contribution >= 4 is 17.6 Å². The van der Waals surface area contributed by atoms with Gasteiger partial charge in [0.15, 0.2) is 6.10 Å². The lowest BCUT2D eigenvalue weighted by molar-refractivity contribution is -0.123. The molecule has 0 spiro atoms. The summed E-state index contributed by atoms with van der Waals surface area (Å²) in [4.78, 5) is 37.9. The first kappa shape index (κ1) is 21.9. The van der Waals surface area contributed by atoms with E-state index in [0.717, 1.165) is 0 Å². The van der Waals surface area contributed by atoms with Gasteiger partial charge in [-0.3, -0.25) is 14.3 Å². The first-order valence-corrected chi connectivity index (χ1v) is 9.92. The van der Waals surface area contributed by atoms with Crippen LogP contribution in [-0.4, -0.2) is 34.0 Å². The van der Waals surface area contributed by atoms with Crippen molar-refractivity contribution in [1.82, 2.24) is 9.36 Å². The van der Waals surface area contributed by atoms with Crippen molar-refractivity contribution in [1.29, 1.82) is 0 Å². The van der Waals surface area contributed by atoms with Crippen LogP contribution in [0.4, 0.5) is 5.69 Å². The molecule has 1 aromatic heterocycles. The van der Waals surface area contributed by atoms with Gasteiger partial charge in [-0.1, -0.05) is 18.2 Å². The van der Waals surface area contributed by atoms with Crippen molar-refractivity contribution in [2.45, 2.75) is 26.9 Å². The largest absolute Gasteiger partial charge is 0.494 e. The Morgan fingerprint density at radius 2 is 1.71 bits per heavy atom. The second-order valence-electron chi connectivity index (χ2n) is 6.93. The molecule has 1 amide bonds. The lowest BCUT2D eigenvalue weighted by Crippen LogP contribution is -2.32. The molecule has 1 atom stereocenters. The third-order valence-electron chi connectivity index (χ3n) is 4.86. The summed E-state index contributed by atoms with van der Waals surface area (Å²) in [5.41, 5.74) is 1.32. The van der Waals surface area contributed by atoms with Crippen LogP contribution < -0.4 is 15.6 Å². The summed E-state index contributed by atoms with van der Waals surface area (Å²) in [6.45, 7) is 5.57. The Bertz CT molecular complexity index is 1130. The number of nitrogens with zero attached hydrogens (tertiary/aromatic N) is 2.